The smallest absolute Gasteiger partial charge is 0.323 e. The van der Waals surface area contributed by atoms with Crippen molar-refractivity contribution in [1.82, 2.24) is 0 Å². The van der Waals surface area contributed by atoms with Gasteiger partial charge in [-0.3, -0.25) is 14.5 Å². The van der Waals surface area contributed by atoms with Crippen molar-refractivity contribution in [3.05, 3.63) is 29.3 Å². The van der Waals surface area contributed by atoms with Crippen molar-refractivity contribution in [2.45, 2.75) is 0 Å². The third kappa shape index (κ3) is 5.56. The first-order valence-corrected chi connectivity index (χ1v) is 6.26. The number of halogens is 1. The molecule has 0 saturated carbocycles. The molecule has 1 rings (SSSR count). The third-order valence-electron chi connectivity index (χ3n) is 2.39. The summed E-state index contributed by atoms with van der Waals surface area (Å²) < 4.78 is 9.90. The molecule has 0 bridgehead atoms. The standard InChI is InChI=1S/C13H16ClNO5/c1-19-6-7-20-9-12(16)15(8-13(17)18)11-4-2-10(14)3-5-11/h2-5H,6-9H2,1H3,(H,17,18). The minimum atomic E-state index is -1.11. The van der Waals surface area contributed by atoms with E-state index in [-0.39, 0.29) is 13.2 Å². The van der Waals surface area contributed by atoms with Gasteiger partial charge in [0.25, 0.3) is 5.91 Å². The quantitative estimate of drug-likeness (QED) is 0.735. The second-order valence-corrected chi connectivity index (χ2v) is 4.33. The van der Waals surface area contributed by atoms with Gasteiger partial charge in [0.05, 0.1) is 13.2 Å². The van der Waals surface area contributed by atoms with E-state index in [2.05, 4.69) is 0 Å². The minimum Gasteiger partial charge on any atom is -0.480 e. The van der Waals surface area contributed by atoms with Gasteiger partial charge in [0.2, 0.25) is 0 Å². The van der Waals surface area contributed by atoms with Crippen molar-refractivity contribution in [2.24, 2.45) is 0 Å². The highest BCUT2D eigenvalue weighted by atomic mass is 35.5. The summed E-state index contributed by atoms with van der Waals surface area (Å²) in [6, 6.07) is 6.34. The van der Waals surface area contributed by atoms with Crippen LogP contribution in [0.1, 0.15) is 0 Å². The predicted molar refractivity (Wildman–Crippen MR) is 74.1 cm³/mol. The number of carbonyl (C=O) groups is 2. The molecule has 20 heavy (non-hydrogen) atoms. The van der Waals surface area contributed by atoms with Crippen LogP contribution in [-0.2, 0) is 19.1 Å². The average molecular weight is 302 g/mol. The van der Waals surface area contributed by atoms with E-state index >= 15 is 0 Å². The number of ether oxygens (including phenoxy) is 2. The number of carboxylic acids is 1. The molecule has 0 aliphatic rings. The Bertz CT molecular complexity index is 449. The summed E-state index contributed by atoms with van der Waals surface area (Å²) in [4.78, 5) is 24.0. The Labute approximate surface area is 121 Å². The zero-order chi connectivity index (χ0) is 15.0. The molecule has 7 heteroatoms. The fourth-order valence-corrected chi connectivity index (χ4v) is 1.59. The van der Waals surface area contributed by atoms with Crippen LogP contribution >= 0.6 is 11.6 Å². The largest absolute Gasteiger partial charge is 0.480 e. The maximum Gasteiger partial charge on any atom is 0.323 e. The SMILES string of the molecule is COCCOCC(=O)N(CC(=O)O)c1ccc(Cl)cc1. The van der Waals surface area contributed by atoms with E-state index in [9.17, 15) is 9.59 Å². The van der Waals surface area contributed by atoms with Gasteiger partial charge in [-0.2, -0.15) is 0 Å². The van der Waals surface area contributed by atoms with Crippen molar-refractivity contribution in [2.75, 3.05) is 38.4 Å². The van der Waals surface area contributed by atoms with Gasteiger partial charge in [-0.25, -0.2) is 0 Å². The van der Waals surface area contributed by atoms with E-state index in [0.717, 1.165) is 4.90 Å². The molecular weight excluding hydrogens is 286 g/mol. The first-order chi connectivity index (χ1) is 9.54. The second-order valence-electron chi connectivity index (χ2n) is 3.90. The van der Waals surface area contributed by atoms with E-state index in [1.165, 1.54) is 7.11 Å². The molecule has 0 aromatic heterocycles. The van der Waals surface area contributed by atoms with Crippen LogP contribution in [0.3, 0.4) is 0 Å². The van der Waals surface area contributed by atoms with Crippen LogP contribution < -0.4 is 4.90 Å². The van der Waals surface area contributed by atoms with Gasteiger partial charge in [-0.05, 0) is 24.3 Å². The number of methoxy groups -OCH3 is 1. The van der Waals surface area contributed by atoms with Crippen LogP contribution in [0.5, 0.6) is 0 Å². The van der Waals surface area contributed by atoms with Gasteiger partial charge in [0, 0.05) is 17.8 Å². The zero-order valence-corrected chi connectivity index (χ0v) is 11.8. The third-order valence-corrected chi connectivity index (χ3v) is 2.64. The highest BCUT2D eigenvalue weighted by Gasteiger charge is 2.18. The molecule has 6 nitrogen and oxygen atoms in total. The normalized spacial score (nSPS) is 10.3. The molecule has 0 aliphatic heterocycles. The predicted octanol–water partition coefficient (Wildman–Crippen LogP) is 1.42. The van der Waals surface area contributed by atoms with E-state index < -0.39 is 18.4 Å². The number of rotatable bonds is 8. The van der Waals surface area contributed by atoms with Crippen LogP contribution in [0.25, 0.3) is 0 Å². The molecule has 0 saturated heterocycles. The van der Waals surface area contributed by atoms with Crippen molar-refractivity contribution >= 4 is 29.2 Å². The molecular formula is C13H16ClNO5. The Morgan fingerprint density at radius 2 is 1.90 bits per heavy atom. The van der Waals surface area contributed by atoms with E-state index in [1.54, 1.807) is 24.3 Å². The van der Waals surface area contributed by atoms with Crippen LogP contribution in [0.15, 0.2) is 24.3 Å². The first-order valence-electron chi connectivity index (χ1n) is 5.89. The Kier molecular flexibility index (Phi) is 7.00. The second kappa shape index (κ2) is 8.52. The van der Waals surface area contributed by atoms with Crippen molar-refractivity contribution in [3.8, 4) is 0 Å². The van der Waals surface area contributed by atoms with Gasteiger partial charge in [0.15, 0.2) is 0 Å². The van der Waals surface area contributed by atoms with Crippen LogP contribution in [-0.4, -0.2) is 50.5 Å². The Balaban J connectivity index is 2.70. The number of amides is 1. The summed E-state index contributed by atoms with van der Waals surface area (Å²) in [6.45, 7) is -0.00963. The van der Waals surface area contributed by atoms with Gasteiger partial charge < -0.3 is 14.6 Å². The molecule has 0 unspecified atom stereocenters. The molecule has 0 spiro atoms. The van der Waals surface area contributed by atoms with Gasteiger partial charge >= 0.3 is 5.97 Å². The van der Waals surface area contributed by atoms with E-state index in [4.69, 9.17) is 26.2 Å². The average Bonchev–Trinajstić information content (AvgIpc) is 2.42. The van der Waals surface area contributed by atoms with Crippen molar-refractivity contribution in [1.29, 1.82) is 0 Å². The summed E-state index contributed by atoms with van der Waals surface area (Å²) in [5.41, 5.74) is 0.456. The molecule has 1 N–H and O–H groups in total. The fourth-order valence-electron chi connectivity index (χ4n) is 1.46. The Hall–Kier alpha value is -1.63. The van der Waals surface area contributed by atoms with Gasteiger partial charge in [-0.15, -0.1) is 0 Å². The van der Waals surface area contributed by atoms with E-state index in [1.807, 2.05) is 0 Å². The van der Waals surface area contributed by atoms with Crippen LogP contribution in [0.4, 0.5) is 5.69 Å². The highest BCUT2D eigenvalue weighted by Crippen LogP contribution is 2.18. The topological polar surface area (TPSA) is 76.1 Å². The number of carboxylic acid groups (broad SMARTS) is 1. The summed E-state index contributed by atoms with van der Waals surface area (Å²) >= 11 is 5.76. The monoisotopic (exact) mass is 301 g/mol. The molecule has 0 radical (unpaired) electrons. The maximum atomic E-state index is 12.0. The number of hydrogen-bond acceptors (Lipinski definition) is 4. The first kappa shape index (κ1) is 16.4. The lowest BCUT2D eigenvalue weighted by Crippen LogP contribution is -2.38. The van der Waals surface area contributed by atoms with Crippen LogP contribution in [0, 0.1) is 0 Å². The molecule has 0 fully saturated rings. The number of benzene rings is 1. The minimum absolute atomic E-state index is 0.209. The fraction of sp³-hybridized carbons (Fsp3) is 0.385. The lowest BCUT2D eigenvalue weighted by atomic mass is 10.3. The van der Waals surface area contributed by atoms with Crippen molar-refractivity contribution < 1.29 is 24.2 Å². The Morgan fingerprint density at radius 3 is 2.45 bits per heavy atom. The Morgan fingerprint density at radius 1 is 1.25 bits per heavy atom. The number of anilines is 1. The lowest BCUT2D eigenvalue weighted by Gasteiger charge is -2.20. The van der Waals surface area contributed by atoms with Gasteiger partial charge in [0.1, 0.15) is 13.2 Å². The number of hydrogen-bond donors (Lipinski definition) is 1. The lowest BCUT2D eigenvalue weighted by molar-refractivity contribution is -0.137. The van der Waals surface area contributed by atoms with E-state index in [0.29, 0.717) is 17.3 Å². The number of nitrogens with zero attached hydrogens (tertiary/aromatic N) is 1. The zero-order valence-electron chi connectivity index (χ0n) is 11.0. The molecule has 1 aromatic rings. The van der Waals surface area contributed by atoms with Gasteiger partial charge in [-0.1, -0.05) is 11.6 Å². The number of aliphatic carboxylic acids is 1. The summed E-state index contributed by atoms with van der Waals surface area (Å²) in [5.74, 6) is -1.55. The highest BCUT2D eigenvalue weighted by molar-refractivity contribution is 6.30. The maximum absolute atomic E-state index is 12.0. The summed E-state index contributed by atoms with van der Waals surface area (Å²) in [6.07, 6.45) is 0. The molecule has 110 valence electrons. The molecule has 0 heterocycles. The summed E-state index contributed by atoms with van der Waals surface area (Å²) in [7, 11) is 1.52. The molecule has 0 aliphatic carbocycles. The van der Waals surface area contributed by atoms with Crippen LogP contribution in [0.2, 0.25) is 5.02 Å². The molecule has 1 amide bonds. The number of carbonyl (C=O) groups excluding carboxylic acids is 1. The van der Waals surface area contributed by atoms with Crippen molar-refractivity contribution in [3.63, 3.8) is 0 Å². The molecule has 0 atom stereocenters. The molecule has 1 aromatic carbocycles. The summed E-state index contributed by atoms with van der Waals surface area (Å²) in [5, 5.41) is 9.38.